The van der Waals surface area contributed by atoms with E-state index in [1.165, 1.54) is 24.8 Å². The smallest absolute Gasteiger partial charge is 0.133 e. The highest BCUT2D eigenvalue weighted by Crippen LogP contribution is 2.24. The van der Waals surface area contributed by atoms with Crippen LogP contribution in [0.3, 0.4) is 0 Å². The molecule has 1 saturated carbocycles. The zero-order chi connectivity index (χ0) is 11.2. The van der Waals surface area contributed by atoms with Crippen LogP contribution in [0.2, 0.25) is 0 Å². The molecule has 0 amide bonds. The predicted molar refractivity (Wildman–Crippen MR) is 66.3 cm³/mol. The topological polar surface area (TPSA) is 17.1 Å². The molecule has 0 N–H and O–H groups in total. The molecule has 1 aromatic rings. The van der Waals surface area contributed by atoms with Gasteiger partial charge in [0.15, 0.2) is 0 Å². The van der Waals surface area contributed by atoms with E-state index in [2.05, 4.69) is 30.3 Å². The number of ketones is 1. The lowest BCUT2D eigenvalue weighted by atomic mass is 9.92. The molecule has 86 valence electrons. The Balaban J connectivity index is 1.83. The summed E-state index contributed by atoms with van der Waals surface area (Å²) >= 11 is 0. The summed E-state index contributed by atoms with van der Waals surface area (Å²) in [7, 11) is 0. The van der Waals surface area contributed by atoms with Gasteiger partial charge in [-0.3, -0.25) is 4.79 Å². The maximum absolute atomic E-state index is 11.5. The van der Waals surface area contributed by atoms with Gasteiger partial charge in [0.1, 0.15) is 5.78 Å². The number of carbonyl (C=O) groups excluding carboxylic acids is 1. The monoisotopic (exact) mass is 216 g/mol. The Morgan fingerprint density at radius 1 is 1.12 bits per heavy atom. The Morgan fingerprint density at radius 3 is 2.75 bits per heavy atom. The van der Waals surface area contributed by atoms with E-state index in [1.807, 2.05) is 0 Å². The minimum atomic E-state index is 0.482. The van der Waals surface area contributed by atoms with Gasteiger partial charge < -0.3 is 0 Å². The highest BCUT2D eigenvalue weighted by atomic mass is 16.1. The molecule has 1 atom stereocenters. The number of hydrogen-bond donors (Lipinski definition) is 0. The minimum Gasteiger partial charge on any atom is -0.300 e. The van der Waals surface area contributed by atoms with Crippen LogP contribution in [0.25, 0.3) is 0 Å². The van der Waals surface area contributed by atoms with Crippen molar-refractivity contribution in [1.82, 2.24) is 0 Å². The largest absolute Gasteiger partial charge is 0.300 e. The van der Waals surface area contributed by atoms with E-state index in [1.54, 1.807) is 0 Å². The van der Waals surface area contributed by atoms with E-state index >= 15 is 0 Å². The molecule has 0 spiro atoms. The van der Waals surface area contributed by atoms with Gasteiger partial charge in [-0.05, 0) is 37.2 Å². The maximum atomic E-state index is 11.5. The van der Waals surface area contributed by atoms with Crippen LogP contribution in [0.4, 0.5) is 0 Å². The molecule has 1 nitrogen and oxygen atoms in total. The fourth-order valence-corrected chi connectivity index (χ4v) is 2.54. The number of rotatable bonds is 3. The number of aryl methyl sites for hydroxylation is 1. The fraction of sp³-hybridized carbons (Fsp3) is 0.533. The Labute approximate surface area is 97.9 Å². The van der Waals surface area contributed by atoms with Crippen LogP contribution in [0.5, 0.6) is 0 Å². The summed E-state index contributed by atoms with van der Waals surface area (Å²) in [6.07, 6.45) is 7.55. The first-order chi connectivity index (χ1) is 7.84. The Kier molecular flexibility index (Phi) is 4.15. The fourth-order valence-electron chi connectivity index (χ4n) is 2.54. The van der Waals surface area contributed by atoms with Crippen molar-refractivity contribution in [1.29, 1.82) is 0 Å². The van der Waals surface area contributed by atoms with Crippen molar-refractivity contribution in [3.8, 4) is 0 Å². The van der Waals surface area contributed by atoms with E-state index in [0.717, 1.165) is 25.7 Å². The average Bonchev–Trinajstić information content (AvgIpc) is 2.52. The van der Waals surface area contributed by atoms with Gasteiger partial charge >= 0.3 is 0 Å². The third kappa shape index (κ3) is 3.48. The summed E-state index contributed by atoms with van der Waals surface area (Å²) in [6, 6.07) is 10.6. The number of hydrogen-bond acceptors (Lipinski definition) is 1. The predicted octanol–water partition coefficient (Wildman–Crippen LogP) is 3.77. The molecule has 0 unspecified atom stereocenters. The molecule has 0 heterocycles. The van der Waals surface area contributed by atoms with Crippen molar-refractivity contribution in [3.63, 3.8) is 0 Å². The first-order valence-electron chi connectivity index (χ1n) is 6.40. The number of Topliss-reactive ketones (excluding diaryl/α,β-unsaturated/α-hetero) is 1. The second kappa shape index (κ2) is 5.83. The molecule has 1 aromatic carbocycles. The summed E-state index contributed by atoms with van der Waals surface area (Å²) in [5, 5.41) is 0. The van der Waals surface area contributed by atoms with E-state index in [4.69, 9.17) is 0 Å². The maximum Gasteiger partial charge on any atom is 0.133 e. The molecular weight excluding hydrogens is 196 g/mol. The third-order valence-electron chi connectivity index (χ3n) is 3.52. The lowest BCUT2D eigenvalue weighted by molar-refractivity contribution is -0.119. The van der Waals surface area contributed by atoms with Gasteiger partial charge in [0, 0.05) is 12.8 Å². The first-order valence-corrected chi connectivity index (χ1v) is 6.40. The highest BCUT2D eigenvalue weighted by Gasteiger charge is 2.17. The molecule has 1 aliphatic rings. The lowest BCUT2D eigenvalue weighted by Crippen LogP contribution is -2.06. The van der Waals surface area contributed by atoms with E-state index in [0.29, 0.717) is 11.7 Å². The normalized spacial score (nSPS) is 21.8. The van der Waals surface area contributed by atoms with Gasteiger partial charge in [-0.1, -0.05) is 36.8 Å². The number of benzene rings is 1. The van der Waals surface area contributed by atoms with E-state index in [9.17, 15) is 4.79 Å². The van der Waals surface area contributed by atoms with Crippen LogP contribution in [-0.2, 0) is 11.2 Å². The van der Waals surface area contributed by atoms with Crippen molar-refractivity contribution in [2.45, 2.75) is 44.9 Å². The van der Waals surface area contributed by atoms with Gasteiger partial charge in [0.05, 0.1) is 0 Å². The van der Waals surface area contributed by atoms with Crippen LogP contribution in [0.15, 0.2) is 30.3 Å². The quantitative estimate of drug-likeness (QED) is 0.703. The van der Waals surface area contributed by atoms with E-state index in [-0.39, 0.29) is 0 Å². The molecule has 0 saturated heterocycles. The molecule has 16 heavy (non-hydrogen) atoms. The zero-order valence-electron chi connectivity index (χ0n) is 9.82. The standard InChI is InChI=1S/C15H20O/c16-15-9-5-4-8-14(12-15)11-10-13-6-2-1-3-7-13/h1-3,6-7,14H,4-5,8-12H2/t14-/m1/s1. The van der Waals surface area contributed by atoms with Crippen molar-refractivity contribution >= 4 is 5.78 Å². The summed E-state index contributed by atoms with van der Waals surface area (Å²) in [5.74, 6) is 1.12. The minimum absolute atomic E-state index is 0.482. The van der Waals surface area contributed by atoms with Crippen LogP contribution < -0.4 is 0 Å². The Morgan fingerprint density at radius 2 is 1.94 bits per heavy atom. The molecule has 0 bridgehead atoms. The van der Waals surface area contributed by atoms with Crippen molar-refractivity contribution in [2.24, 2.45) is 5.92 Å². The van der Waals surface area contributed by atoms with Crippen LogP contribution >= 0.6 is 0 Å². The molecule has 0 aromatic heterocycles. The molecule has 1 heteroatoms. The van der Waals surface area contributed by atoms with Crippen molar-refractivity contribution in [3.05, 3.63) is 35.9 Å². The SMILES string of the molecule is O=C1CCCC[C@H](CCc2ccccc2)C1. The van der Waals surface area contributed by atoms with Gasteiger partial charge in [0.25, 0.3) is 0 Å². The first kappa shape index (κ1) is 11.4. The lowest BCUT2D eigenvalue weighted by Gasteiger charge is -2.12. The van der Waals surface area contributed by atoms with Gasteiger partial charge in [0.2, 0.25) is 0 Å². The van der Waals surface area contributed by atoms with Crippen molar-refractivity contribution in [2.75, 3.05) is 0 Å². The van der Waals surface area contributed by atoms with Crippen LogP contribution in [0, 0.1) is 5.92 Å². The van der Waals surface area contributed by atoms with Crippen LogP contribution in [-0.4, -0.2) is 5.78 Å². The van der Waals surface area contributed by atoms with Gasteiger partial charge in [-0.15, -0.1) is 0 Å². The summed E-state index contributed by atoms with van der Waals surface area (Å²) in [4.78, 5) is 11.5. The Hall–Kier alpha value is -1.11. The third-order valence-corrected chi connectivity index (χ3v) is 3.52. The second-order valence-corrected chi connectivity index (χ2v) is 4.88. The molecule has 0 aliphatic heterocycles. The van der Waals surface area contributed by atoms with E-state index < -0.39 is 0 Å². The zero-order valence-corrected chi connectivity index (χ0v) is 9.82. The summed E-state index contributed by atoms with van der Waals surface area (Å²) in [6.45, 7) is 0. The van der Waals surface area contributed by atoms with Crippen LogP contribution in [0.1, 0.15) is 44.1 Å². The average molecular weight is 216 g/mol. The van der Waals surface area contributed by atoms with Gasteiger partial charge in [-0.2, -0.15) is 0 Å². The van der Waals surface area contributed by atoms with Crippen molar-refractivity contribution < 1.29 is 4.79 Å². The number of carbonyl (C=O) groups is 1. The molecule has 0 radical (unpaired) electrons. The molecule has 1 fully saturated rings. The molecular formula is C15H20O. The molecule has 1 aliphatic carbocycles. The second-order valence-electron chi connectivity index (χ2n) is 4.88. The summed E-state index contributed by atoms with van der Waals surface area (Å²) in [5.41, 5.74) is 1.40. The molecule has 2 rings (SSSR count). The highest BCUT2D eigenvalue weighted by molar-refractivity contribution is 5.78. The summed E-state index contributed by atoms with van der Waals surface area (Å²) < 4.78 is 0. The van der Waals surface area contributed by atoms with Gasteiger partial charge in [-0.25, -0.2) is 0 Å². The Bertz CT molecular complexity index is 329.